The SMILES string of the molecule is CC(OPI)c1nccn1CC#Cc1ccc(-c2ccc(OC3CN(C4(C#N)COC4)C3)cc2)cc1.CO. The molecule has 3 aromatic rings. The lowest BCUT2D eigenvalue weighted by atomic mass is 9.92. The van der Waals surface area contributed by atoms with Crippen molar-refractivity contribution in [2.75, 3.05) is 33.4 Å². The molecule has 2 unspecified atom stereocenters. The van der Waals surface area contributed by atoms with Gasteiger partial charge in [-0.05, 0) is 64.4 Å². The van der Waals surface area contributed by atoms with E-state index in [-0.39, 0.29) is 12.2 Å². The van der Waals surface area contributed by atoms with Crippen LogP contribution in [0, 0.1) is 23.2 Å². The minimum atomic E-state index is -0.440. The molecule has 2 aliphatic heterocycles. The van der Waals surface area contributed by atoms with Crippen LogP contribution < -0.4 is 4.74 Å². The summed E-state index contributed by atoms with van der Waals surface area (Å²) in [5.41, 5.74) is 2.79. The second-order valence-electron chi connectivity index (χ2n) is 8.94. The van der Waals surface area contributed by atoms with Gasteiger partial charge in [0.1, 0.15) is 23.8 Å². The topological polar surface area (TPSA) is 92.8 Å². The fraction of sp³-hybridized carbons (Fsp3) is 0.357. The van der Waals surface area contributed by atoms with Crippen molar-refractivity contribution < 1.29 is 19.1 Å². The molecule has 0 saturated carbocycles. The van der Waals surface area contributed by atoms with Crippen molar-refractivity contribution in [3.8, 4) is 34.8 Å². The Balaban J connectivity index is 0.00000164. The predicted octanol–water partition coefficient (Wildman–Crippen LogP) is 4.59. The van der Waals surface area contributed by atoms with Crippen molar-refractivity contribution in [2.24, 2.45) is 0 Å². The number of aromatic nitrogens is 2. The molecule has 38 heavy (non-hydrogen) atoms. The van der Waals surface area contributed by atoms with Crippen LogP contribution >= 0.6 is 28.5 Å². The molecule has 5 rings (SSSR count). The molecular weight excluding hydrogens is 614 g/mol. The van der Waals surface area contributed by atoms with Crippen LogP contribution in [0.3, 0.4) is 0 Å². The summed E-state index contributed by atoms with van der Waals surface area (Å²) in [5, 5.41) is 16.4. The molecule has 2 fully saturated rings. The van der Waals surface area contributed by atoms with Gasteiger partial charge in [0.25, 0.3) is 0 Å². The first kappa shape index (κ1) is 28.5. The number of aliphatic hydroxyl groups excluding tert-OH is 1. The van der Waals surface area contributed by atoms with E-state index in [1.807, 2.05) is 42.0 Å². The number of nitrogens with zero attached hydrogens (tertiary/aromatic N) is 4. The fourth-order valence-electron chi connectivity index (χ4n) is 4.30. The number of hydrogen-bond donors (Lipinski definition) is 1. The van der Waals surface area contributed by atoms with E-state index in [9.17, 15) is 5.26 Å². The summed E-state index contributed by atoms with van der Waals surface area (Å²) in [6.07, 6.45) is 3.78. The Morgan fingerprint density at radius 2 is 1.82 bits per heavy atom. The van der Waals surface area contributed by atoms with Gasteiger partial charge in [-0.25, -0.2) is 4.98 Å². The lowest BCUT2D eigenvalue weighted by molar-refractivity contribution is -0.153. The van der Waals surface area contributed by atoms with Crippen LogP contribution in [0.25, 0.3) is 11.1 Å². The van der Waals surface area contributed by atoms with Crippen LogP contribution in [0.4, 0.5) is 0 Å². The normalized spacial score (nSPS) is 17.2. The molecule has 2 saturated heterocycles. The summed E-state index contributed by atoms with van der Waals surface area (Å²) in [6, 6.07) is 18.8. The third-order valence-corrected chi connectivity index (χ3v) is 7.74. The predicted molar refractivity (Wildman–Crippen MR) is 156 cm³/mol. The molecule has 3 heterocycles. The van der Waals surface area contributed by atoms with Crippen LogP contribution in [-0.2, 0) is 15.8 Å². The molecule has 1 aromatic heterocycles. The number of halogens is 1. The Hall–Kier alpha value is -2.50. The number of benzene rings is 2. The van der Waals surface area contributed by atoms with Crippen molar-refractivity contribution in [2.45, 2.75) is 31.2 Å². The highest BCUT2D eigenvalue weighted by Gasteiger charge is 2.50. The van der Waals surface area contributed by atoms with E-state index in [1.165, 1.54) is 0 Å². The van der Waals surface area contributed by atoms with E-state index < -0.39 is 5.54 Å². The summed E-state index contributed by atoms with van der Waals surface area (Å²) >= 11 is 2.22. The maximum Gasteiger partial charge on any atom is 0.156 e. The van der Waals surface area contributed by atoms with Gasteiger partial charge in [0.2, 0.25) is 0 Å². The first-order valence-electron chi connectivity index (χ1n) is 12.2. The molecule has 0 radical (unpaired) electrons. The zero-order valence-electron chi connectivity index (χ0n) is 21.3. The van der Waals surface area contributed by atoms with E-state index in [2.05, 4.69) is 74.1 Å². The van der Waals surface area contributed by atoms with Crippen molar-refractivity contribution >= 4 is 28.5 Å². The average Bonchev–Trinajstić information content (AvgIpc) is 3.38. The molecule has 198 valence electrons. The number of nitriles is 1. The molecule has 10 heteroatoms. The Morgan fingerprint density at radius 1 is 1.16 bits per heavy atom. The van der Waals surface area contributed by atoms with Crippen LogP contribution in [0.1, 0.15) is 24.4 Å². The van der Waals surface area contributed by atoms with Gasteiger partial charge in [0.15, 0.2) is 5.54 Å². The van der Waals surface area contributed by atoms with Crippen molar-refractivity contribution in [3.05, 3.63) is 72.3 Å². The minimum Gasteiger partial charge on any atom is -0.488 e. The maximum atomic E-state index is 9.40. The van der Waals surface area contributed by atoms with Gasteiger partial charge in [0, 0.05) is 38.2 Å². The molecule has 0 bridgehead atoms. The van der Waals surface area contributed by atoms with Gasteiger partial charge in [-0.15, -0.1) is 0 Å². The Kier molecular flexibility index (Phi) is 10.1. The van der Waals surface area contributed by atoms with E-state index in [4.69, 9.17) is 19.1 Å². The van der Waals surface area contributed by atoms with Gasteiger partial charge >= 0.3 is 0 Å². The standard InChI is InChI=1S/C27H26IN4O3P.CH4O/c1-20(35-36-28)26-30-12-14-31(26)13-2-3-21-4-6-22(7-5-21)23-8-10-24(11-9-23)34-25-15-32(16-25)27(17-29)18-33-19-27;1-2/h4-12,14,20,25,36H,13,15-16,18-19H2,1H3;2H,1H3. The highest BCUT2D eigenvalue weighted by molar-refractivity contribution is 14.2. The number of rotatable bonds is 8. The van der Waals surface area contributed by atoms with Crippen molar-refractivity contribution in [3.63, 3.8) is 0 Å². The van der Waals surface area contributed by atoms with E-state index in [0.29, 0.717) is 26.2 Å². The molecule has 1 N–H and O–H groups in total. The van der Waals surface area contributed by atoms with Crippen LogP contribution in [0.5, 0.6) is 5.75 Å². The molecule has 8 nitrogen and oxygen atoms in total. The summed E-state index contributed by atoms with van der Waals surface area (Å²) in [5.74, 6) is 8.21. The molecule has 2 atom stereocenters. The molecule has 2 aromatic carbocycles. The van der Waals surface area contributed by atoms with Gasteiger partial charge in [-0.1, -0.05) is 36.1 Å². The summed E-state index contributed by atoms with van der Waals surface area (Å²) < 4.78 is 19.0. The van der Waals surface area contributed by atoms with Gasteiger partial charge in [-0.3, -0.25) is 4.90 Å². The highest BCUT2D eigenvalue weighted by atomic mass is 127. The molecule has 2 aliphatic rings. The lowest BCUT2D eigenvalue weighted by Crippen LogP contribution is -2.70. The van der Waals surface area contributed by atoms with Crippen LogP contribution in [0.2, 0.25) is 0 Å². The van der Waals surface area contributed by atoms with Gasteiger partial charge < -0.3 is 23.7 Å². The number of ether oxygens (including phenoxy) is 2. The first-order valence-corrected chi connectivity index (χ1v) is 16.2. The zero-order chi connectivity index (χ0) is 27.0. The first-order chi connectivity index (χ1) is 18.6. The Bertz CT molecular complexity index is 1290. The fourth-order valence-corrected chi connectivity index (χ4v) is 5.68. The van der Waals surface area contributed by atoms with E-state index in [0.717, 1.165) is 48.5 Å². The van der Waals surface area contributed by atoms with E-state index >= 15 is 0 Å². The monoisotopic (exact) mass is 644 g/mol. The second-order valence-corrected chi connectivity index (χ2v) is 10.6. The van der Waals surface area contributed by atoms with Crippen LogP contribution in [0.15, 0.2) is 60.9 Å². The second kappa shape index (κ2) is 13.5. The highest BCUT2D eigenvalue weighted by Crippen LogP contribution is 2.32. The summed E-state index contributed by atoms with van der Waals surface area (Å²) in [7, 11) is 1.00. The quantitative estimate of drug-likeness (QED) is 0.218. The van der Waals surface area contributed by atoms with Crippen molar-refractivity contribution in [1.29, 1.82) is 5.26 Å². The minimum absolute atomic E-state index is 0.0466. The number of hydrogen-bond acceptors (Lipinski definition) is 7. The van der Waals surface area contributed by atoms with Crippen molar-refractivity contribution in [1.82, 2.24) is 14.5 Å². The Labute approximate surface area is 238 Å². The van der Waals surface area contributed by atoms with Crippen LogP contribution in [-0.4, -0.2) is 64.6 Å². The van der Waals surface area contributed by atoms with E-state index in [1.54, 1.807) is 6.20 Å². The number of likely N-dealkylation sites (tertiary alicyclic amines) is 1. The molecular formula is C28H30IN4O4P. The van der Waals surface area contributed by atoms with Gasteiger partial charge in [-0.2, -0.15) is 5.26 Å². The largest absolute Gasteiger partial charge is 0.488 e. The average molecular weight is 644 g/mol. The zero-order valence-corrected chi connectivity index (χ0v) is 24.5. The molecule has 0 amide bonds. The molecule has 0 aliphatic carbocycles. The third-order valence-electron chi connectivity index (χ3n) is 6.53. The summed E-state index contributed by atoms with van der Waals surface area (Å²) in [4.78, 5) is 6.55. The number of imidazole rings is 1. The molecule has 0 spiro atoms. The van der Waals surface area contributed by atoms with Gasteiger partial charge in [0.05, 0.1) is 32.3 Å². The maximum absolute atomic E-state index is 9.40. The smallest absolute Gasteiger partial charge is 0.156 e. The lowest BCUT2D eigenvalue weighted by Gasteiger charge is -2.51. The number of aliphatic hydroxyl groups is 1. The third kappa shape index (κ3) is 6.55. The summed E-state index contributed by atoms with van der Waals surface area (Å²) in [6.45, 7) is 5.48. The Morgan fingerprint density at radius 3 is 2.39 bits per heavy atom.